The van der Waals surface area contributed by atoms with Crippen LogP contribution in [0.15, 0.2) is 18.2 Å². The summed E-state index contributed by atoms with van der Waals surface area (Å²) in [6.45, 7) is 1.46. The highest BCUT2D eigenvalue weighted by Gasteiger charge is 2.04. The van der Waals surface area contributed by atoms with E-state index in [9.17, 15) is 9.90 Å². The third-order valence-corrected chi connectivity index (χ3v) is 91.6. The molecule has 0 bridgehead atoms. The van der Waals surface area contributed by atoms with Gasteiger partial charge in [0.05, 0.1) is 7.11 Å². The maximum absolute atomic E-state index is 10.9. The van der Waals surface area contributed by atoms with Crippen molar-refractivity contribution in [3.8, 4) is 11.5 Å². The Balaban J connectivity index is 0.00000204. The van der Waals surface area contributed by atoms with Crippen molar-refractivity contribution in [2.45, 2.75) is 6.92 Å². The fourth-order valence-electron chi connectivity index (χ4n) is 1.34. The summed E-state index contributed by atoms with van der Waals surface area (Å²) in [5.74, 6) is 0.318. The molecule has 0 aliphatic heterocycles. The lowest BCUT2D eigenvalue weighted by Crippen LogP contribution is -1.92. The third kappa shape index (κ3) is 49.7. The number of phenols is 1. The molecule has 0 radical (unpaired) electrons. The van der Waals surface area contributed by atoms with Crippen molar-refractivity contribution >= 4 is 392 Å². The molecular weight excluding hydrogens is 1530 g/mol. The van der Waals surface area contributed by atoms with E-state index < -0.39 is 0 Å². The fraction of sp³-hybridized carbons (Fsp3) is 0.222. The van der Waals surface area contributed by atoms with Crippen LogP contribution < -0.4 is 4.74 Å². The zero-order valence-electron chi connectivity index (χ0n) is 24.6. The number of hydrogen-bond acceptors (Lipinski definition) is 5. The van der Waals surface area contributed by atoms with Crippen molar-refractivity contribution < 1.29 is 14.6 Å². The molecule has 0 saturated carbocycles. The van der Waals surface area contributed by atoms with Crippen LogP contribution in [0.5, 0.6) is 11.5 Å². The summed E-state index contributed by atoms with van der Waals surface area (Å²) in [6, 6.07) is 4.51. The van der Waals surface area contributed by atoms with Gasteiger partial charge in [-0.15, -0.1) is 0 Å². The fourth-order valence-corrected chi connectivity index (χ4v) is 108. The number of ketones is 1. The number of carbonyl (C=O) groups is 1. The third-order valence-electron chi connectivity index (χ3n) is 2.70. The Kier molecular flexibility index (Phi) is 62.4. The molecule has 3 nitrogen and oxygen atoms in total. The number of ether oxygens (including phenoxy) is 1. The van der Waals surface area contributed by atoms with Gasteiger partial charge in [0.1, 0.15) is 0 Å². The molecule has 0 aliphatic rings. The maximum Gasteiger partial charge on any atom is 0.161 e. The Bertz CT molecular complexity index is 3250. The number of hydrogen-bond donors (Lipinski definition) is 1. The van der Waals surface area contributed by atoms with Crippen LogP contribution in [0.25, 0.3) is 0 Å². The first-order valence-corrected chi connectivity index (χ1v) is 66.5. The van der Waals surface area contributed by atoms with Gasteiger partial charge < -0.3 is 9.84 Å². The maximum atomic E-state index is 10.9. The van der Waals surface area contributed by atoms with E-state index in [0.717, 1.165) is 0 Å². The Morgan fingerprint density at radius 1 is 0.418 bits per heavy atom. The molecule has 0 aliphatic carbocycles. The van der Waals surface area contributed by atoms with Gasteiger partial charge in [-0.1, -0.05) is 0 Å². The number of Topliss-reactive ketones (excluding diaryl/α,β-unsaturated/α-hetero) is 1. The first-order valence-electron chi connectivity index (χ1n) is 10.5. The second kappa shape index (κ2) is 54.6. The van der Waals surface area contributed by atoms with E-state index in [1.807, 2.05) is 240 Å². The largest absolute Gasteiger partial charge is 0.504 e. The highest BCUT2D eigenvalue weighted by Crippen LogP contribution is 2.26. The summed E-state index contributed by atoms with van der Waals surface area (Å²) < 4.78 is 4.83. The van der Waals surface area contributed by atoms with Gasteiger partial charge in [-0.2, -0.15) is 0 Å². The van der Waals surface area contributed by atoms with Crippen molar-refractivity contribution in [3.63, 3.8) is 0 Å². The molecule has 1 rings (SSSR count). The predicted octanol–water partition coefficient (Wildman–Crippen LogP) is 1.50. The zero-order chi connectivity index (χ0) is 40.1. The second-order valence-electron chi connectivity index (χ2n) is 5.23. The molecule has 55 heavy (non-hydrogen) atoms. The average Bonchev–Trinajstić information content (AvgIpc) is 3.19. The first-order chi connectivity index (χ1) is 27.1. The molecule has 1 N–H and O–H groups in total. The van der Waals surface area contributed by atoms with Crippen molar-refractivity contribution in [3.05, 3.63) is 23.8 Å². The molecule has 0 amide bonds. The molecular formula is C9H10O3S43. The van der Waals surface area contributed by atoms with Gasteiger partial charge in [0.25, 0.3) is 0 Å². The molecule has 0 heterocycles. The first kappa shape index (κ1) is 63.0. The van der Waals surface area contributed by atoms with E-state index in [2.05, 4.69) is 0 Å². The van der Waals surface area contributed by atoms with Crippen molar-refractivity contribution in [1.82, 2.24) is 0 Å². The van der Waals surface area contributed by atoms with Crippen LogP contribution in [0.2, 0.25) is 0 Å². The average molecular weight is 1550 g/mol. The van der Waals surface area contributed by atoms with Crippen LogP contribution in [-0.2, 0) is 386 Å². The summed E-state index contributed by atoms with van der Waals surface area (Å²) in [5.41, 5.74) is 0.532. The minimum absolute atomic E-state index is 0.0440. The summed E-state index contributed by atoms with van der Waals surface area (Å²) in [7, 11) is 74.3. The molecule has 0 aromatic heterocycles. The number of phenolic OH excluding ortho intramolecular Hbond substituents is 1. The summed E-state index contributed by atoms with van der Waals surface area (Å²) in [6.07, 6.45) is 0. The second-order valence-corrected chi connectivity index (χ2v) is 77.8. The van der Waals surface area contributed by atoms with Crippen LogP contribution in [0.4, 0.5) is 0 Å². The molecule has 322 valence electrons. The van der Waals surface area contributed by atoms with Gasteiger partial charge in [0.15, 0.2) is 17.3 Å². The standard InChI is InChI=1S/C9H10O3.S43/c1-6(10)7-3-4-8(11)9(5-7)12-2;1-3-5-7-9-11-13-15-17-19-21-23-25-27-29-31-33-35-37-39-41-43-42-40-38-36-34-32-30-28-26-24-22-20-18-16-14-12-10-8-6-4-2/h3-5,11H,1-2H3;. The molecule has 0 atom stereocenters. The monoisotopic (exact) mass is 1540 g/mol. The lowest BCUT2D eigenvalue weighted by Gasteiger charge is -2.03. The topological polar surface area (TPSA) is 46.5 Å². The van der Waals surface area contributed by atoms with E-state index in [4.69, 9.17) is 27.1 Å². The van der Waals surface area contributed by atoms with Gasteiger partial charge in [-0.05, 0) is 25.1 Å². The Labute approximate surface area is 444 Å². The van der Waals surface area contributed by atoms with E-state index >= 15 is 0 Å². The molecule has 0 saturated heterocycles. The summed E-state index contributed by atoms with van der Waals surface area (Å²) in [4.78, 5) is 10.9. The van der Waals surface area contributed by atoms with Gasteiger partial charge in [0.2, 0.25) is 0 Å². The van der Waals surface area contributed by atoms with E-state index in [1.165, 1.54) is 43.9 Å². The molecule has 1 aromatic carbocycles. The highest BCUT2D eigenvalue weighted by atomic mass is 33.5. The van der Waals surface area contributed by atoms with Crippen LogP contribution in [0, 0.1) is 0 Å². The molecule has 0 fully saturated rings. The number of carbonyl (C=O) groups excluding carboxylic acids is 1. The lowest BCUT2D eigenvalue weighted by atomic mass is 10.1. The number of rotatable bonds is 2. The predicted molar refractivity (Wildman–Crippen MR) is 361 cm³/mol. The Hall–Kier alpha value is 7.95. The van der Waals surface area contributed by atoms with Crippen LogP contribution in [0.1, 0.15) is 17.3 Å². The van der Waals surface area contributed by atoms with Crippen molar-refractivity contribution in [2.75, 3.05) is 7.11 Å². The van der Waals surface area contributed by atoms with Gasteiger partial charge in [-0.3, -0.25) is 4.79 Å². The Morgan fingerprint density at radius 3 is 0.782 bits per heavy atom. The number of methoxy groups -OCH3 is 1. The number of aromatic hydroxyl groups is 1. The van der Waals surface area contributed by atoms with Gasteiger partial charge in [0, 0.05) is 392 Å². The summed E-state index contributed by atoms with van der Waals surface area (Å²) >= 11 is 9.61. The minimum Gasteiger partial charge on any atom is -0.504 e. The number of benzene rings is 1. The van der Waals surface area contributed by atoms with Crippen LogP contribution >= 0.6 is 0 Å². The van der Waals surface area contributed by atoms with Crippen molar-refractivity contribution in [1.29, 1.82) is 0 Å². The van der Waals surface area contributed by atoms with Crippen LogP contribution in [-0.4, -0.2) is 18.0 Å². The highest BCUT2D eigenvalue weighted by molar-refractivity contribution is 8.81. The van der Waals surface area contributed by atoms with Gasteiger partial charge >= 0.3 is 0 Å². The SMILES string of the molecule is COc1cc(C(C)=O)ccc1O.S=S=S=S=S=S=S=S=S=S=S=S=S=S=S=S=S=S=S=S=S=S=S=S=S=S=S=S=S=S=S=S=S=S=S=S=S=S=S=S=S=S=S. The van der Waals surface area contributed by atoms with Gasteiger partial charge in [-0.25, -0.2) is 0 Å². The normalized spacial score (nSPS) is 8.11. The molecule has 0 spiro atoms. The lowest BCUT2D eigenvalue weighted by molar-refractivity contribution is 0.101. The molecule has 0 unspecified atom stereocenters. The Morgan fingerprint density at radius 2 is 0.618 bits per heavy atom. The zero-order valence-corrected chi connectivity index (χ0v) is 59.7. The van der Waals surface area contributed by atoms with Crippen LogP contribution in [0.3, 0.4) is 0 Å². The molecule has 46 heteroatoms. The summed E-state index contributed by atoms with van der Waals surface area (Å²) in [5, 5.41) is 9.18. The molecule has 1 aromatic rings. The van der Waals surface area contributed by atoms with E-state index in [1.54, 1.807) is 113 Å². The smallest absolute Gasteiger partial charge is 0.161 e. The quantitative estimate of drug-likeness (QED) is 0.456. The van der Waals surface area contributed by atoms with E-state index in [-0.39, 0.29) is 11.5 Å². The van der Waals surface area contributed by atoms with E-state index in [0.29, 0.717) is 11.3 Å². The minimum atomic E-state index is -0.0479. The van der Waals surface area contributed by atoms with Crippen molar-refractivity contribution in [2.24, 2.45) is 0 Å².